The number of aliphatic hydroxyl groups is 1. The number of benzene rings is 1. The second-order valence-electron chi connectivity index (χ2n) is 3.52. The second kappa shape index (κ2) is 4.88. The van der Waals surface area contributed by atoms with E-state index in [1.807, 2.05) is 31.2 Å². The number of aryl methyl sites for hydroxylation is 1. The van der Waals surface area contributed by atoms with Crippen molar-refractivity contribution in [3.05, 3.63) is 55.1 Å². The molecule has 1 nitrogen and oxygen atoms in total. The molecule has 0 saturated heterocycles. The van der Waals surface area contributed by atoms with Crippen molar-refractivity contribution >= 4 is 38.9 Å². The maximum Gasteiger partial charge on any atom is 0.114 e. The second-order valence-corrected chi connectivity index (χ2v) is 6.06. The van der Waals surface area contributed by atoms with Gasteiger partial charge in [0.1, 0.15) is 6.10 Å². The minimum absolute atomic E-state index is 0.619. The van der Waals surface area contributed by atoms with E-state index < -0.39 is 6.10 Å². The first kappa shape index (κ1) is 12.1. The van der Waals surface area contributed by atoms with Gasteiger partial charge in [-0.05, 0) is 24.6 Å². The first-order valence-corrected chi connectivity index (χ1v) is 6.76. The third-order valence-electron chi connectivity index (χ3n) is 2.38. The molecule has 4 heteroatoms. The van der Waals surface area contributed by atoms with Crippen molar-refractivity contribution in [2.24, 2.45) is 0 Å². The van der Waals surface area contributed by atoms with Gasteiger partial charge in [-0.25, -0.2) is 0 Å². The Morgan fingerprint density at radius 2 is 2.06 bits per heavy atom. The van der Waals surface area contributed by atoms with Crippen LogP contribution in [0.25, 0.3) is 0 Å². The van der Waals surface area contributed by atoms with Crippen molar-refractivity contribution < 1.29 is 5.11 Å². The quantitative estimate of drug-likeness (QED) is 0.861. The molecule has 0 bridgehead atoms. The minimum atomic E-state index is -0.619. The van der Waals surface area contributed by atoms with E-state index in [0.717, 1.165) is 20.5 Å². The molecule has 1 aromatic carbocycles. The van der Waals surface area contributed by atoms with Crippen LogP contribution >= 0.6 is 38.9 Å². The molecule has 0 saturated carbocycles. The lowest BCUT2D eigenvalue weighted by atomic mass is 10.1. The van der Waals surface area contributed by atoms with E-state index in [1.54, 1.807) is 6.07 Å². The summed E-state index contributed by atoms with van der Waals surface area (Å²) in [7, 11) is 0. The fourth-order valence-corrected chi connectivity index (χ4v) is 3.06. The highest BCUT2D eigenvalue weighted by molar-refractivity contribution is 9.10. The average Bonchev–Trinajstić information content (AvgIpc) is 2.68. The molecule has 0 fully saturated rings. The van der Waals surface area contributed by atoms with Crippen LogP contribution in [0.15, 0.2) is 34.8 Å². The van der Waals surface area contributed by atoms with Gasteiger partial charge in [-0.3, -0.25) is 0 Å². The number of hydrogen-bond acceptors (Lipinski definition) is 2. The first-order chi connectivity index (χ1) is 7.59. The Bertz CT molecular complexity index is 509. The van der Waals surface area contributed by atoms with Gasteiger partial charge in [0.25, 0.3) is 0 Å². The van der Waals surface area contributed by atoms with Gasteiger partial charge in [0.15, 0.2) is 0 Å². The zero-order valence-electron chi connectivity index (χ0n) is 8.58. The summed E-state index contributed by atoms with van der Waals surface area (Å²) >= 11 is 10.8. The van der Waals surface area contributed by atoms with Crippen LogP contribution in [0, 0.1) is 6.92 Å². The number of thiophene rings is 1. The minimum Gasteiger partial charge on any atom is -0.383 e. The lowest BCUT2D eigenvalue weighted by Gasteiger charge is -2.12. The van der Waals surface area contributed by atoms with Crippen molar-refractivity contribution in [3.8, 4) is 0 Å². The van der Waals surface area contributed by atoms with E-state index in [9.17, 15) is 5.11 Å². The van der Waals surface area contributed by atoms with Crippen molar-refractivity contribution in [3.63, 3.8) is 0 Å². The summed E-state index contributed by atoms with van der Waals surface area (Å²) < 4.78 is 1.64. The fraction of sp³-hybridized carbons (Fsp3) is 0.167. The molecule has 0 aliphatic heterocycles. The van der Waals surface area contributed by atoms with E-state index in [-0.39, 0.29) is 0 Å². The topological polar surface area (TPSA) is 20.2 Å². The van der Waals surface area contributed by atoms with Crippen LogP contribution in [-0.4, -0.2) is 5.11 Å². The van der Waals surface area contributed by atoms with Crippen molar-refractivity contribution in [2.75, 3.05) is 0 Å². The largest absolute Gasteiger partial charge is 0.383 e. The van der Waals surface area contributed by atoms with Crippen LogP contribution in [0.4, 0.5) is 0 Å². The molecule has 2 aromatic rings. The highest BCUT2D eigenvalue weighted by Crippen LogP contribution is 2.35. The summed E-state index contributed by atoms with van der Waals surface area (Å²) in [6, 6.07) is 9.51. The number of hydrogen-bond donors (Lipinski definition) is 1. The maximum absolute atomic E-state index is 10.2. The van der Waals surface area contributed by atoms with Crippen molar-refractivity contribution in [2.45, 2.75) is 13.0 Å². The monoisotopic (exact) mass is 316 g/mol. The molecule has 1 atom stereocenters. The molecular formula is C12H10BrClOS. The molecular weight excluding hydrogens is 308 g/mol. The highest BCUT2D eigenvalue weighted by Gasteiger charge is 2.16. The summed E-state index contributed by atoms with van der Waals surface area (Å²) in [5.74, 6) is 0. The summed E-state index contributed by atoms with van der Waals surface area (Å²) in [6.07, 6.45) is -0.619. The third-order valence-corrected chi connectivity index (χ3v) is 4.75. The van der Waals surface area contributed by atoms with E-state index in [0.29, 0.717) is 4.34 Å². The molecule has 0 spiro atoms. The maximum atomic E-state index is 10.2. The smallest absolute Gasteiger partial charge is 0.114 e. The normalized spacial score (nSPS) is 12.8. The van der Waals surface area contributed by atoms with Gasteiger partial charge in [0, 0.05) is 14.9 Å². The predicted molar refractivity (Wildman–Crippen MR) is 72.3 cm³/mol. The summed E-state index contributed by atoms with van der Waals surface area (Å²) in [4.78, 5) is 0.858. The number of halogens is 2. The Morgan fingerprint density at radius 3 is 2.69 bits per heavy atom. The summed E-state index contributed by atoms with van der Waals surface area (Å²) in [5.41, 5.74) is 1.98. The van der Waals surface area contributed by atoms with Crippen LogP contribution in [0.5, 0.6) is 0 Å². The van der Waals surface area contributed by atoms with Crippen molar-refractivity contribution in [1.29, 1.82) is 0 Å². The number of rotatable bonds is 2. The van der Waals surface area contributed by atoms with E-state index in [4.69, 9.17) is 11.6 Å². The Hall–Kier alpha value is -0.350. The van der Waals surface area contributed by atoms with Gasteiger partial charge in [-0.15, -0.1) is 11.3 Å². The molecule has 16 heavy (non-hydrogen) atoms. The molecule has 1 N–H and O–H groups in total. The van der Waals surface area contributed by atoms with Crippen LogP contribution < -0.4 is 0 Å². The molecule has 0 aliphatic rings. The standard InChI is InChI=1S/C12H10BrClOS/c1-7-3-2-4-8(11(7)13)12(15)9-5-6-10(14)16-9/h2-6,12,15H,1H3. The van der Waals surface area contributed by atoms with E-state index in [1.165, 1.54) is 11.3 Å². The lowest BCUT2D eigenvalue weighted by molar-refractivity contribution is 0.223. The Labute approximate surface area is 112 Å². The predicted octanol–water partition coefficient (Wildman–Crippen LogP) is 4.55. The van der Waals surface area contributed by atoms with Crippen LogP contribution in [0.2, 0.25) is 4.34 Å². The zero-order valence-corrected chi connectivity index (χ0v) is 11.7. The van der Waals surface area contributed by atoms with Gasteiger partial charge in [0.2, 0.25) is 0 Å². The van der Waals surface area contributed by atoms with Gasteiger partial charge < -0.3 is 5.11 Å². The van der Waals surface area contributed by atoms with Gasteiger partial charge >= 0.3 is 0 Å². The summed E-state index contributed by atoms with van der Waals surface area (Å²) in [5, 5.41) is 10.2. The molecule has 2 rings (SSSR count). The third kappa shape index (κ3) is 2.33. The van der Waals surface area contributed by atoms with Crippen LogP contribution in [-0.2, 0) is 0 Å². The molecule has 0 amide bonds. The van der Waals surface area contributed by atoms with Gasteiger partial charge in [-0.1, -0.05) is 45.7 Å². The highest BCUT2D eigenvalue weighted by atomic mass is 79.9. The van der Waals surface area contributed by atoms with Gasteiger partial charge in [-0.2, -0.15) is 0 Å². The fourth-order valence-electron chi connectivity index (χ4n) is 1.51. The number of aliphatic hydroxyl groups excluding tert-OH is 1. The van der Waals surface area contributed by atoms with E-state index in [2.05, 4.69) is 15.9 Å². The Kier molecular flexibility index (Phi) is 3.70. The summed E-state index contributed by atoms with van der Waals surface area (Å²) in [6.45, 7) is 2.00. The lowest BCUT2D eigenvalue weighted by Crippen LogP contribution is -1.99. The zero-order chi connectivity index (χ0) is 11.7. The first-order valence-electron chi connectivity index (χ1n) is 4.78. The molecule has 0 aliphatic carbocycles. The van der Waals surface area contributed by atoms with Gasteiger partial charge in [0.05, 0.1) is 4.34 Å². The Morgan fingerprint density at radius 1 is 1.31 bits per heavy atom. The molecule has 1 heterocycles. The Balaban J connectivity index is 2.41. The van der Waals surface area contributed by atoms with Crippen LogP contribution in [0.3, 0.4) is 0 Å². The molecule has 84 valence electrons. The SMILES string of the molecule is Cc1cccc(C(O)c2ccc(Cl)s2)c1Br. The van der Waals surface area contributed by atoms with Crippen molar-refractivity contribution in [1.82, 2.24) is 0 Å². The van der Waals surface area contributed by atoms with E-state index >= 15 is 0 Å². The molecule has 1 aromatic heterocycles. The van der Waals surface area contributed by atoms with Crippen LogP contribution in [0.1, 0.15) is 22.1 Å². The average molecular weight is 318 g/mol. The molecule has 0 radical (unpaired) electrons. The molecule has 1 unspecified atom stereocenters.